The van der Waals surface area contributed by atoms with Crippen LogP contribution in [0.25, 0.3) is 0 Å². The summed E-state index contributed by atoms with van der Waals surface area (Å²) >= 11 is 0. The molecule has 68 valence electrons. The first kappa shape index (κ1) is 8.91. The van der Waals surface area contributed by atoms with Gasteiger partial charge in [0.15, 0.2) is 11.4 Å². The fourth-order valence-corrected chi connectivity index (χ4v) is 0.812. The molecule has 0 aliphatic carbocycles. The van der Waals surface area contributed by atoms with Crippen LogP contribution in [-0.4, -0.2) is 15.1 Å². The number of rotatable bonds is 2. The molecule has 1 aromatic carbocycles. The van der Waals surface area contributed by atoms with E-state index >= 15 is 0 Å². The Morgan fingerprint density at radius 3 is 2.46 bits per heavy atom. The summed E-state index contributed by atoms with van der Waals surface area (Å²) in [5.74, 6) is -1.64. The third-order valence-electron chi connectivity index (χ3n) is 1.39. The van der Waals surface area contributed by atoms with E-state index < -0.39 is 27.8 Å². The minimum atomic E-state index is -1.00. The highest BCUT2D eigenvalue weighted by molar-refractivity contribution is 5.67. The minimum Gasteiger partial charge on any atom is -0.502 e. The van der Waals surface area contributed by atoms with Crippen LogP contribution in [-0.2, 0) is 0 Å². The predicted molar refractivity (Wildman–Crippen MR) is 41.9 cm³/mol. The van der Waals surface area contributed by atoms with E-state index in [-0.39, 0.29) is 0 Å². The molecule has 0 atom stereocenters. The molecule has 0 aliphatic rings. The molecular weight excluding hydrogens is 180 g/mol. The van der Waals surface area contributed by atoms with E-state index in [1.807, 2.05) is 0 Å². The maximum atomic E-state index is 10.3. The van der Waals surface area contributed by atoms with Crippen molar-refractivity contribution in [3.05, 3.63) is 27.2 Å². The van der Waals surface area contributed by atoms with Crippen molar-refractivity contribution >= 4 is 11.4 Å². The fraction of sp³-hybridized carbons (Fsp3) is 0. The van der Waals surface area contributed by atoms with Gasteiger partial charge in [0.25, 0.3) is 0 Å². The first-order chi connectivity index (χ1) is 6.07. The van der Waals surface area contributed by atoms with Gasteiger partial charge in [0.2, 0.25) is 5.75 Å². The van der Waals surface area contributed by atoms with Crippen molar-refractivity contribution in [2.45, 2.75) is 0 Å². The van der Waals surface area contributed by atoms with Gasteiger partial charge in [-0.15, -0.1) is 4.91 Å². The van der Waals surface area contributed by atoms with Gasteiger partial charge >= 0.3 is 5.69 Å². The number of aromatic hydroxyl groups is 2. The van der Waals surface area contributed by atoms with E-state index in [1.165, 1.54) is 0 Å². The molecule has 2 N–H and O–H groups in total. The molecule has 0 heterocycles. The minimum absolute atomic E-state index is 0.482. The molecule has 0 spiro atoms. The third kappa shape index (κ3) is 1.39. The predicted octanol–water partition coefficient (Wildman–Crippen LogP) is 1.40. The van der Waals surface area contributed by atoms with Crippen LogP contribution in [0, 0.1) is 15.0 Å². The number of benzene rings is 1. The van der Waals surface area contributed by atoms with Crippen molar-refractivity contribution in [1.82, 2.24) is 0 Å². The molecule has 0 saturated carbocycles. The first-order valence-electron chi connectivity index (χ1n) is 3.10. The molecule has 0 unspecified atom stereocenters. The molecule has 0 radical (unpaired) electrons. The van der Waals surface area contributed by atoms with Crippen LogP contribution in [0.1, 0.15) is 0 Å². The van der Waals surface area contributed by atoms with E-state index in [0.29, 0.717) is 0 Å². The van der Waals surface area contributed by atoms with Crippen LogP contribution in [0.15, 0.2) is 17.3 Å². The van der Waals surface area contributed by atoms with Gasteiger partial charge in [-0.3, -0.25) is 10.1 Å². The van der Waals surface area contributed by atoms with E-state index in [0.717, 1.165) is 12.1 Å². The number of nitrogens with zero attached hydrogens (tertiary/aromatic N) is 2. The highest BCUT2D eigenvalue weighted by atomic mass is 16.6. The topological polar surface area (TPSA) is 113 Å². The Morgan fingerprint density at radius 2 is 2.00 bits per heavy atom. The van der Waals surface area contributed by atoms with Crippen molar-refractivity contribution in [2.75, 3.05) is 0 Å². The Labute approximate surface area is 71.4 Å². The third-order valence-corrected chi connectivity index (χ3v) is 1.39. The number of hydrogen-bond donors (Lipinski definition) is 2. The highest BCUT2D eigenvalue weighted by Gasteiger charge is 2.23. The second-order valence-electron chi connectivity index (χ2n) is 2.15. The summed E-state index contributed by atoms with van der Waals surface area (Å²) < 4.78 is 0. The van der Waals surface area contributed by atoms with Crippen molar-refractivity contribution in [3.63, 3.8) is 0 Å². The van der Waals surface area contributed by atoms with Crippen LogP contribution in [0.4, 0.5) is 11.4 Å². The molecule has 7 heteroatoms. The SMILES string of the molecule is O=Nc1ccc(O)c([N+](=O)[O-])c1O. The second-order valence-corrected chi connectivity index (χ2v) is 2.15. The Bertz CT molecular complexity index is 376. The summed E-state index contributed by atoms with van der Waals surface area (Å²) in [7, 11) is 0. The molecule has 0 amide bonds. The lowest BCUT2D eigenvalue weighted by atomic mass is 10.2. The van der Waals surface area contributed by atoms with E-state index in [2.05, 4.69) is 5.18 Å². The van der Waals surface area contributed by atoms with Crippen LogP contribution < -0.4 is 0 Å². The van der Waals surface area contributed by atoms with E-state index in [1.54, 1.807) is 0 Å². The summed E-state index contributed by atoms with van der Waals surface area (Å²) in [6, 6.07) is 1.89. The van der Waals surface area contributed by atoms with Crippen LogP contribution in [0.5, 0.6) is 11.5 Å². The van der Waals surface area contributed by atoms with Gasteiger partial charge in [0.05, 0.1) is 4.92 Å². The number of nitro benzene ring substituents is 1. The fourth-order valence-electron chi connectivity index (χ4n) is 0.812. The van der Waals surface area contributed by atoms with Gasteiger partial charge in [0, 0.05) is 0 Å². The van der Waals surface area contributed by atoms with Crippen LogP contribution in [0.3, 0.4) is 0 Å². The quantitative estimate of drug-likeness (QED) is 0.409. The van der Waals surface area contributed by atoms with Crippen LogP contribution in [0.2, 0.25) is 0 Å². The molecule has 13 heavy (non-hydrogen) atoms. The zero-order valence-corrected chi connectivity index (χ0v) is 6.17. The van der Waals surface area contributed by atoms with Crippen molar-refractivity contribution in [2.24, 2.45) is 5.18 Å². The largest absolute Gasteiger partial charge is 0.502 e. The number of hydrogen-bond acceptors (Lipinski definition) is 6. The summed E-state index contributed by atoms with van der Waals surface area (Å²) in [6.45, 7) is 0. The highest BCUT2D eigenvalue weighted by Crippen LogP contribution is 2.41. The maximum absolute atomic E-state index is 10.3. The molecule has 0 aromatic heterocycles. The van der Waals surface area contributed by atoms with Gasteiger partial charge in [-0.25, -0.2) is 0 Å². The zero-order valence-electron chi connectivity index (χ0n) is 6.17. The molecule has 7 nitrogen and oxygen atoms in total. The average molecular weight is 184 g/mol. The first-order valence-corrected chi connectivity index (χ1v) is 3.10. The monoisotopic (exact) mass is 184 g/mol. The van der Waals surface area contributed by atoms with Gasteiger partial charge in [0.1, 0.15) is 0 Å². The molecule has 0 fully saturated rings. The number of phenols is 2. The van der Waals surface area contributed by atoms with Gasteiger partial charge in [-0.1, -0.05) is 0 Å². The van der Waals surface area contributed by atoms with Gasteiger partial charge in [-0.2, -0.15) is 0 Å². The molecule has 0 aliphatic heterocycles. The second kappa shape index (κ2) is 3.05. The summed E-state index contributed by atoms with van der Waals surface area (Å²) in [4.78, 5) is 19.3. The Morgan fingerprint density at radius 1 is 1.38 bits per heavy atom. The van der Waals surface area contributed by atoms with Crippen LogP contribution >= 0.6 is 0 Å². The van der Waals surface area contributed by atoms with Gasteiger partial charge < -0.3 is 10.2 Å². The van der Waals surface area contributed by atoms with Crippen molar-refractivity contribution < 1.29 is 15.1 Å². The lowest BCUT2D eigenvalue weighted by molar-refractivity contribution is -0.386. The normalized spacial score (nSPS) is 9.54. The van der Waals surface area contributed by atoms with Crippen molar-refractivity contribution in [3.8, 4) is 11.5 Å². The standard InChI is InChI=1S/C6H4N2O5/c9-4-2-1-3(7-11)6(10)5(4)8(12)13/h1-2,9-10H. The summed E-state index contributed by atoms with van der Waals surface area (Å²) in [5.41, 5.74) is -1.40. The molecule has 1 rings (SSSR count). The Hall–Kier alpha value is -2.18. The van der Waals surface area contributed by atoms with Crippen molar-refractivity contribution in [1.29, 1.82) is 0 Å². The summed E-state index contributed by atoms with van der Waals surface area (Å²) in [6.07, 6.45) is 0. The molecule has 0 bridgehead atoms. The van der Waals surface area contributed by atoms with E-state index in [9.17, 15) is 15.0 Å². The Kier molecular flexibility index (Phi) is 2.09. The van der Waals surface area contributed by atoms with E-state index in [4.69, 9.17) is 10.2 Å². The summed E-state index contributed by atoms with van der Waals surface area (Å²) in [5, 5.41) is 30.6. The molecular formula is C6H4N2O5. The molecule has 0 saturated heterocycles. The number of nitro groups is 1. The number of nitroso groups, excluding NO2 is 1. The number of phenolic OH excluding ortho intramolecular Hbond substituents is 2. The maximum Gasteiger partial charge on any atom is 0.354 e. The molecule has 1 aromatic rings. The average Bonchev–Trinajstić information content (AvgIpc) is 2.04. The van der Waals surface area contributed by atoms with Gasteiger partial charge in [-0.05, 0) is 17.3 Å². The lowest BCUT2D eigenvalue weighted by Gasteiger charge is -1.98. The zero-order chi connectivity index (χ0) is 10.0. The smallest absolute Gasteiger partial charge is 0.354 e. The lowest BCUT2D eigenvalue weighted by Crippen LogP contribution is -1.89. The Balaban J connectivity index is 3.47.